The van der Waals surface area contributed by atoms with E-state index in [1.54, 1.807) is 0 Å². The Balaban J connectivity index is 1.83. The second-order valence-electron chi connectivity index (χ2n) is 6.25. The first-order chi connectivity index (χ1) is 12.9. The van der Waals surface area contributed by atoms with E-state index < -0.39 is 35.1 Å². The van der Waals surface area contributed by atoms with Crippen molar-refractivity contribution in [3.8, 4) is 0 Å². The van der Waals surface area contributed by atoms with Crippen LogP contribution < -0.4 is 0 Å². The number of hydrogen-bond donors (Lipinski definition) is 1. The Hall–Kier alpha value is -2.84. The first-order valence-corrected chi connectivity index (χ1v) is 8.03. The van der Waals surface area contributed by atoms with Crippen LogP contribution in [0.15, 0.2) is 42.5 Å². The maximum atomic E-state index is 13.2. The maximum Gasteiger partial charge on any atom is 0.416 e. The smallest absolute Gasteiger partial charge is 0.352 e. The Morgan fingerprint density at radius 2 is 1.46 bits per heavy atom. The average Bonchev–Trinajstić information content (AvgIpc) is 3.01. The van der Waals surface area contributed by atoms with Gasteiger partial charge in [0.2, 0.25) is 0 Å². The number of rotatable bonds is 4. The molecule has 1 aromatic heterocycles. The fraction of sp³-hybridized carbons (Fsp3) is 0.211. The highest BCUT2D eigenvalue weighted by Crippen LogP contribution is 2.36. The SMILES string of the molecule is O=C(CCc1cc(C(F)(F)F)cc(C(F)(F)F)c1)c1cc2cc(F)ccc2[nH]1. The predicted octanol–water partition coefficient (Wildman–Crippen LogP) is 6.16. The molecule has 28 heavy (non-hydrogen) atoms. The van der Waals surface area contributed by atoms with Crippen LogP contribution in [0.25, 0.3) is 10.9 Å². The lowest BCUT2D eigenvalue weighted by molar-refractivity contribution is -0.143. The Morgan fingerprint density at radius 1 is 0.857 bits per heavy atom. The highest BCUT2D eigenvalue weighted by molar-refractivity contribution is 5.99. The standard InChI is InChI=1S/C19H12F7NO/c20-14-2-3-15-11(7-14)8-16(27-15)17(28)4-1-10-5-12(18(21,22)23)9-13(6-10)19(24,25)26/h2-3,5-9,27H,1,4H2. The minimum absolute atomic E-state index is 0.0392. The van der Waals surface area contributed by atoms with E-state index in [0.29, 0.717) is 23.0 Å². The lowest BCUT2D eigenvalue weighted by Gasteiger charge is -2.14. The fourth-order valence-corrected chi connectivity index (χ4v) is 2.81. The molecule has 0 fully saturated rings. The summed E-state index contributed by atoms with van der Waals surface area (Å²) in [6.07, 6.45) is -10.5. The first-order valence-electron chi connectivity index (χ1n) is 8.03. The van der Waals surface area contributed by atoms with E-state index in [-0.39, 0.29) is 30.2 Å². The molecule has 0 amide bonds. The highest BCUT2D eigenvalue weighted by Gasteiger charge is 2.36. The number of hydrogen-bond acceptors (Lipinski definition) is 1. The largest absolute Gasteiger partial charge is 0.416 e. The number of aromatic nitrogens is 1. The summed E-state index contributed by atoms with van der Waals surface area (Å²) in [6, 6.07) is 6.43. The summed E-state index contributed by atoms with van der Waals surface area (Å²) in [5.41, 5.74) is -2.51. The van der Waals surface area contributed by atoms with Gasteiger partial charge in [-0.3, -0.25) is 4.79 Å². The summed E-state index contributed by atoms with van der Waals surface area (Å²) < 4.78 is 90.5. The lowest BCUT2D eigenvalue weighted by Crippen LogP contribution is -2.12. The van der Waals surface area contributed by atoms with Crippen molar-refractivity contribution in [2.75, 3.05) is 0 Å². The van der Waals surface area contributed by atoms with Crippen molar-refractivity contribution in [3.63, 3.8) is 0 Å². The van der Waals surface area contributed by atoms with Gasteiger partial charge in [0.15, 0.2) is 5.78 Å². The molecule has 3 rings (SSSR count). The number of halogens is 7. The van der Waals surface area contributed by atoms with Gasteiger partial charge in [-0.2, -0.15) is 26.3 Å². The number of carbonyl (C=O) groups excluding carboxylic acids is 1. The van der Waals surface area contributed by atoms with E-state index in [1.165, 1.54) is 24.3 Å². The Morgan fingerprint density at radius 3 is 2.04 bits per heavy atom. The van der Waals surface area contributed by atoms with Gasteiger partial charge in [-0.15, -0.1) is 0 Å². The molecule has 0 unspecified atom stereocenters. The van der Waals surface area contributed by atoms with E-state index in [2.05, 4.69) is 4.98 Å². The molecule has 0 radical (unpaired) electrons. The normalized spacial score (nSPS) is 12.5. The van der Waals surface area contributed by atoms with E-state index in [4.69, 9.17) is 0 Å². The molecule has 1 N–H and O–H groups in total. The third-order valence-electron chi connectivity index (χ3n) is 4.17. The zero-order chi connectivity index (χ0) is 20.7. The summed E-state index contributed by atoms with van der Waals surface area (Å²) in [4.78, 5) is 15.0. The monoisotopic (exact) mass is 403 g/mol. The van der Waals surface area contributed by atoms with Crippen molar-refractivity contribution in [1.29, 1.82) is 0 Å². The summed E-state index contributed by atoms with van der Waals surface area (Å²) in [6.45, 7) is 0. The van der Waals surface area contributed by atoms with Gasteiger partial charge in [-0.1, -0.05) is 0 Å². The number of aryl methyl sites for hydroxylation is 1. The topological polar surface area (TPSA) is 32.9 Å². The highest BCUT2D eigenvalue weighted by atomic mass is 19.4. The van der Waals surface area contributed by atoms with Crippen LogP contribution in [0.1, 0.15) is 33.6 Å². The van der Waals surface area contributed by atoms with Crippen molar-refractivity contribution >= 4 is 16.7 Å². The fourth-order valence-electron chi connectivity index (χ4n) is 2.81. The Labute approximate surface area is 154 Å². The number of benzene rings is 2. The molecule has 0 spiro atoms. The zero-order valence-electron chi connectivity index (χ0n) is 14.0. The average molecular weight is 403 g/mol. The van der Waals surface area contributed by atoms with Crippen molar-refractivity contribution in [1.82, 2.24) is 4.98 Å². The second kappa shape index (κ2) is 6.96. The van der Waals surface area contributed by atoms with Gasteiger partial charge >= 0.3 is 12.4 Å². The molecule has 0 aliphatic carbocycles. The molecule has 2 nitrogen and oxygen atoms in total. The quantitative estimate of drug-likeness (QED) is 0.411. The minimum atomic E-state index is -4.94. The van der Waals surface area contributed by atoms with E-state index in [9.17, 15) is 35.5 Å². The molecule has 3 aromatic rings. The first kappa shape index (κ1) is 19.9. The van der Waals surface area contributed by atoms with Crippen LogP contribution in [0, 0.1) is 5.82 Å². The Kier molecular flexibility index (Phi) is 4.95. The van der Waals surface area contributed by atoms with Crippen molar-refractivity contribution < 1.29 is 35.5 Å². The molecule has 1 heterocycles. The number of carbonyl (C=O) groups is 1. The number of nitrogens with one attached hydrogen (secondary N) is 1. The summed E-state index contributed by atoms with van der Waals surface area (Å²) in [5.74, 6) is -1.02. The van der Waals surface area contributed by atoms with Crippen LogP contribution in [0.4, 0.5) is 30.7 Å². The lowest BCUT2D eigenvalue weighted by atomic mass is 10.00. The zero-order valence-corrected chi connectivity index (χ0v) is 14.0. The van der Waals surface area contributed by atoms with Gasteiger partial charge in [-0.05, 0) is 54.4 Å². The second-order valence-corrected chi connectivity index (χ2v) is 6.25. The molecular weight excluding hydrogens is 391 g/mol. The van der Waals surface area contributed by atoms with Crippen LogP contribution in [0.3, 0.4) is 0 Å². The number of aromatic amines is 1. The number of alkyl halides is 6. The molecule has 0 bridgehead atoms. The van der Waals surface area contributed by atoms with Gasteiger partial charge in [0, 0.05) is 17.3 Å². The number of H-pyrrole nitrogens is 1. The van der Waals surface area contributed by atoms with E-state index in [0.717, 1.165) is 0 Å². The van der Waals surface area contributed by atoms with Crippen molar-refractivity contribution in [3.05, 3.63) is 70.7 Å². The summed E-state index contributed by atoms with van der Waals surface area (Å²) >= 11 is 0. The van der Waals surface area contributed by atoms with Gasteiger partial charge in [0.25, 0.3) is 0 Å². The molecule has 9 heteroatoms. The van der Waals surface area contributed by atoms with Crippen LogP contribution in [-0.4, -0.2) is 10.8 Å². The molecular formula is C19H12F7NO. The maximum absolute atomic E-state index is 13.2. The van der Waals surface area contributed by atoms with E-state index >= 15 is 0 Å². The molecule has 0 aliphatic rings. The molecule has 0 saturated carbocycles. The number of ketones is 1. The third kappa shape index (κ3) is 4.35. The van der Waals surface area contributed by atoms with Crippen LogP contribution in [-0.2, 0) is 18.8 Å². The van der Waals surface area contributed by atoms with Crippen LogP contribution >= 0.6 is 0 Å². The van der Waals surface area contributed by atoms with Crippen LogP contribution in [0.5, 0.6) is 0 Å². The van der Waals surface area contributed by atoms with E-state index in [1.807, 2.05) is 0 Å². The molecule has 148 valence electrons. The minimum Gasteiger partial charge on any atom is -0.352 e. The molecule has 0 atom stereocenters. The third-order valence-corrected chi connectivity index (χ3v) is 4.17. The Bertz CT molecular complexity index is 999. The van der Waals surface area contributed by atoms with Crippen LogP contribution in [0.2, 0.25) is 0 Å². The predicted molar refractivity (Wildman–Crippen MR) is 87.4 cm³/mol. The number of fused-ring (bicyclic) bond motifs is 1. The van der Waals surface area contributed by atoms with Gasteiger partial charge in [0.05, 0.1) is 16.8 Å². The van der Waals surface area contributed by atoms with Gasteiger partial charge < -0.3 is 4.98 Å². The summed E-state index contributed by atoms with van der Waals surface area (Å²) in [5, 5.41) is 0.432. The number of Topliss-reactive ketones (excluding diaryl/α,β-unsaturated/α-hetero) is 1. The molecule has 0 saturated heterocycles. The summed E-state index contributed by atoms with van der Waals surface area (Å²) in [7, 11) is 0. The molecule has 0 aliphatic heterocycles. The van der Waals surface area contributed by atoms with Gasteiger partial charge in [-0.25, -0.2) is 4.39 Å². The van der Waals surface area contributed by atoms with Crippen molar-refractivity contribution in [2.24, 2.45) is 0 Å². The molecule has 2 aromatic carbocycles. The van der Waals surface area contributed by atoms with Crippen molar-refractivity contribution in [2.45, 2.75) is 25.2 Å². The van der Waals surface area contributed by atoms with Gasteiger partial charge in [0.1, 0.15) is 5.82 Å².